The monoisotopic (exact) mass is 262 g/mol. The lowest BCUT2D eigenvalue weighted by Crippen LogP contribution is -2.42. The summed E-state index contributed by atoms with van der Waals surface area (Å²) >= 11 is 0. The molecule has 2 aromatic rings. The van der Waals surface area contributed by atoms with Gasteiger partial charge in [-0.2, -0.15) is 0 Å². The molecule has 0 radical (unpaired) electrons. The van der Waals surface area contributed by atoms with Crippen molar-refractivity contribution in [3.63, 3.8) is 0 Å². The van der Waals surface area contributed by atoms with Crippen LogP contribution in [0.3, 0.4) is 0 Å². The van der Waals surface area contributed by atoms with Crippen molar-refractivity contribution in [1.82, 2.24) is 10.5 Å². The number of carbonyl (C=O) groups excluding carboxylic acids is 1. The minimum atomic E-state index is -1.07. The van der Waals surface area contributed by atoms with E-state index in [4.69, 9.17) is 8.94 Å². The van der Waals surface area contributed by atoms with E-state index in [2.05, 4.69) is 10.5 Å². The molecule has 0 aromatic carbocycles. The van der Waals surface area contributed by atoms with Crippen LogP contribution >= 0.6 is 0 Å². The molecule has 2 heterocycles. The Labute approximate surface area is 109 Å². The summed E-state index contributed by atoms with van der Waals surface area (Å²) in [4.78, 5) is 11.8. The van der Waals surface area contributed by atoms with E-state index in [0.29, 0.717) is 6.42 Å². The quantitative estimate of drug-likeness (QED) is 0.868. The van der Waals surface area contributed by atoms with Crippen LogP contribution < -0.4 is 5.32 Å². The zero-order valence-corrected chi connectivity index (χ0v) is 10.3. The van der Waals surface area contributed by atoms with Gasteiger partial charge in [0.25, 0.3) is 5.91 Å². The number of hydrogen-bond acceptors (Lipinski definition) is 5. The van der Waals surface area contributed by atoms with Gasteiger partial charge in [0.1, 0.15) is 11.4 Å². The molecule has 1 unspecified atom stereocenters. The van der Waals surface area contributed by atoms with E-state index < -0.39 is 5.60 Å². The average Bonchev–Trinajstić information content (AvgIpc) is 3.07. The molecule has 0 saturated carbocycles. The lowest BCUT2D eigenvalue weighted by Gasteiger charge is -2.31. The molecule has 1 aliphatic rings. The summed E-state index contributed by atoms with van der Waals surface area (Å²) < 4.78 is 10.1. The second-order valence-corrected chi connectivity index (χ2v) is 4.70. The van der Waals surface area contributed by atoms with Crippen LogP contribution in [0.5, 0.6) is 0 Å². The summed E-state index contributed by atoms with van der Waals surface area (Å²) in [6, 6.07) is 3.23. The summed E-state index contributed by atoms with van der Waals surface area (Å²) in [6.07, 6.45) is 5.21. The molecule has 1 atom stereocenters. The number of amides is 1. The molecule has 0 fully saturated rings. The Hall–Kier alpha value is -2.08. The highest BCUT2D eigenvalue weighted by atomic mass is 16.5. The topological polar surface area (TPSA) is 88.5 Å². The number of rotatable bonds is 3. The number of aliphatic hydroxyl groups is 1. The molecule has 0 saturated heterocycles. The SMILES string of the molecule is O=C(NCC1(O)CCCc2occc21)c1ccno1. The van der Waals surface area contributed by atoms with Crippen LogP contribution in [0.15, 0.2) is 33.5 Å². The predicted octanol–water partition coefficient (Wildman–Crippen LogP) is 1.22. The van der Waals surface area contributed by atoms with Gasteiger partial charge in [-0.15, -0.1) is 0 Å². The highest BCUT2D eigenvalue weighted by Gasteiger charge is 2.36. The maximum atomic E-state index is 11.8. The number of fused-ring (bicyclic) bond motifs is 1. The minimum absolute atomic E-state index is 0.124. The van der Waals surface area contributed by atoms with Crippen molar-refractivity contribution in [2.75, 3.05) is 6.54 Å². The van der Waals surface area contributed by atoms with E-state index in [1.54, 1.807) is 12.3 Å². The molecule has 1 aliphatic carbocycles. The molecule has 0 bridgehead atoms. The number of aryl methyl sites for hydroxylation is 1. The van der Waals surface area contributed by atoms with Crippen LogP contribution in [-0.2, 0) is 12.0 Å². The van der Waals surface area contributed by atoms with E-state index in [0.717, 1.165) is 24.2 Å². The Balaban J connectivity index is 1.72. The Morgan fingerprint density at radius 3 is 3.21 bits per heavy atom. The molecule has 0 spiro atoms. The number of hydrogen-bond donors (Lipinski definition) is 2. The van der Waals surface area contributed by atoms with Crippen molar-refractivity contribution >= 4 is 5.91 Å². The molecule has 100 valence electrons. The fraction of sp³-hybridized carbons (Fsp3) is 0.385. The molecule has 1 amide bonds. The van der Waals surface area contributed by atoms with Crippen molar-refractivity contribution in [2.24, 2.45) is 0 Å². The first-order chi connectivity index (χ1) is 9.19. The zero-order chi connectivity index (χ0) is 13.3. The van der Waals surface area contributed by atoms with Crippen molar-refractivity contribution in [3.05, 3.63) is 41.7 Å². The van der Waals surface area contributed by atoms with E-state index in [9.17, 15) is 9.90 Å². The molecule has 0 aliphatic heterocycles. The molecule has 3 rings (SSSR count). The van der Waals surface area contributed by atoms with E-state index in [1.165, 1.54) is 12.3 Å². The Morgan fingerprint density at radius 2 is 2.42 bits per heavy atom. The Bertz CT molecular complexity index is 575. The average molecular weight is 262 g/mol. The fourth-order valence-electron chi connectivity index (χ4n) is 2.46. The van der Waals surface area contributed by atoms with Gasteiger partial charge in [-0.1, -0.05) is 5.16 Å². The van der Waals surface area contributed by atoms with Crippen molar-refractivity contribution in [3.8, 4) is 0 Å². The summed E-state index contributed by atoms with van der Waals surface area (Å²) in [5.74, 6) is 0.538. The second-order valence-electron chi connectivity index (χ2n) is 4.70. The molecule has 2 aromatic heterocycles. The smallest absolute Gasteiger partial charge is 0.290 e. The minimum Gasteiger partial charge on any atom is -0.469 e. The molecule has 2 N–H and O–H groups in total. The Morgan fingerprint density at radius 1 is 1.53 bits per heavy atom. The lowest BCUT2D eigenvalue weighted by atomic mass is 9.83. The zero-order valence-electron chi connectivity index (χ0n) is 10.3. The number of nitrogens with one attached hydrogen (secondary N) is 1. The number of furan rings is 1. The molecule has 6 heteroatoms. The second kappa shape index (κ2) is 4.55. The first-order valence-corrected chi connectivity index (χ1v) is 6.17. The molecule has 19 heavy (non-hydrogen) atoms. The van der Waals surface area contributed by atoms with Gasteiger partial charge < -0.3 is 19.4 Å². The molecular formula is C13H14N2O4. The van der Waals surface area contributed by atoms with Crippen LogP contribution in [-0.4, -0.2) is 22.7 Å². The van der Waals surface area contributed by atoms with Crippen LogP contribution in [0.4, 0.5) is 0 Å². The third-order valence-electron chi connectivity index (χ3n) is 3.44. The van der Waals surface area contributed by atoms with E-state index in [-0.39, 0.29) is 18.2 Å². The van der Waals surface area contributed by atoms with E-state index >= 15 is 0 Å². The van der Waals surface area contributed by atoms with Gasteiger partial charge in [-0.25, -0.2) is 0 Å². The lowest BCUT2D eigenvalue weighted by molar-refractivity contribution is 0.0165. The van der Waals surface area contributed by atoms with Gasteiger partial charge in [0.2, 0.25) is 5.76 Å². The molecule has 6 nitrogen and oxygen atoms in total. The first kappa shape index (κ1) is 12.0. The number of carbonyl (C=O) groups is 1. The predicted molar refractivity (Wildman–Crippen MR) is 64.4 cm³/mol. The number of aromatic nitrogens is 1. The molecular weight excluding hydrogens is 248 g/mol. The van der Waals surface area contributed by atoms with Crippen molar-refractivity contribution in [1.29, 1.82) is 0 Å². The fourth-order valence-corrected chi connectivity index (χ4v) is 2.46. The van der Waals surface area contributed by atoms with Gasteiger partial charge >= 0.3 is 0 Å². The van der Waals surface area contributed by atoms with E-state index in [1.807, 2.05) is 0 Å². The highest BCUT2D eigenvalue weighted by Crippen LogP contribution is 2.35. The Kier molecular flexibility index (Phi) is 2.87. The summed E-state index contributed by atoms with van der Waals surface area (Å²) in [7, 11) is 0. The standard InChI is InChI=1S/C13H14N2O4/c16-12(11-3-6-15-19-11)14-8-13(17)5-1-2-10-9(13)4-7-18-10/h3-4,6-7,17H,1-2,5,8H2,(H,14,16). The number of nitrogens with zero attached hydrogens (tertiary/aromatic N) is 1. The summed E-state index contributed by atoms with van der Waals surface area (Å²) in [6.45, 7) is 0.124. The van der Waals surface area contributed by atoms with Gasteiger partial charge in [-0.05, 0) is 18.9 Å². The normalized spacial score (nSPS) is 21.9. The van der Waals surface area contributed by atoms with Gasteiger partial charge in [0.05, 0.1) is 19.0 Å². The summed E-state index contributed by atoms with van der Waals surface area (Å²) in [5.41, 5.74) is -0.312. The van der Waals surface area contributed by atoms with Crippen LogP contribution in [0.2, 0.25) is 0 Å². The van der Waals surface area contributed by atoms with Gasteiger partial charge in [-0.3, -0.25) is 4.79 Å². The third-order valence-corrected chi connectivity index (χ3v) is 3.44. The van der Waals surface area contributed by atoms with Crippen LogP contribution in [0.25, 0.3) is 0 Å². The van der Waals surface area contributed by atoms with Crippen molar-refractivity contribution in [2.45, 2.75) is 24.9 Å². The van der Waals surface area contributed by atoms with Crippen LogP contribution in [0, 0.1) is 0 Å². The van der Waals surface area contributed by atoms with Crippen LogP contribution in [0.1, 0.15) is 34.7 Å². The maximum absolute atomic E-state index is 11.8. The van der Waals surface area contributed by atoms with Crippen molar-refractivity contribution < 1.29 is 18.8 Å². The van der Waals surface area contributed by atoms with Gasteiger partial charge in [0, 0.05) is 18.1 Å². The highest BCUT2D eigenvalue weighted by molar-refractivity contribution is 5.91. The van der Waals surface area contributed by atoms with Gasteiger partial charge in [0.15, 0.2) is 0 Å². The first-order valence-electron chi connectivity index (χ1n) is 6.17. The summed E-state index contributed by atoms with van der Waals surface area (Å²) in [5, 5.41) is 16.8. The maximum Gasteiger partial charge on any atom is 0.290 e. The largest absolute Gasteiger partial charge is 0.469 e. The third kappa shape index (κ3) is 2.15.